The lowest BCUT2D eigenvalue weighted by Crippen LogP contribution is -2.24. The zero-order chi connectivity index (χ0) is 11.1. The molecule has 15 heavy (non-hydrogen) atoms. The molecule has 1 N–H and O–H groups in total. The number of furan rings is 1. The Morgan fingerprint density at radius 3 is 3.13 bits per heavy atom. The SMILES string of the molecule is C#CCCCNC(=O)c1ccoc1CC. The molecule has 1 aromatic heterocycles. The number of terminal acetylenes is 1. The summed E-state index contributed by atoms with van der Waals surface area (Å²) < 4.78 is 5.17. The Labute approximate surface area is 89.9 Å². The van der Waals surface area contributed by atoms with Gasteiger partial charge in [0.15, 0.2) is 0 Å². The largest absolute Gasteiger partial charge is 0.469 e. The minimum Gasteiger partial charge on any atom is -0.469 e. The smallest absolute Gasteiger partial charge is 0.254 e. The molecule has 0 atom stereocenters. The van der Waals surface area contributed by atoms with Crippen molar-refractivity contribution in [3.63, 3.8) is 0 Å². The van der Waals surface area contributed by atoms with Gasteiger partial charge in [-0.05, 0) is 12.5 Å². The van der Waals surface area contributed by atoms with E-state index in [-0.39, 0.29) is 5.91 Å². The Balaban J connectivity index is 2.44. The van der Waals surface area contributed by atoms with Gasteiger partial charge in [-0.3, -0.25) is 4.79 Å². The van der Waals surface area contributed by atoms with E-state index in [1.165, 1.54) is 6.26 Å². The molecule has 0 aromatic carbocycles. The second kappa shape index (κ2) is 5.92. The molecule has 1 heterocycles. The molecule has 0 saturated heterocycles. The van der Waals surface area contributed by atoms with Crippen molar-refractivity contribution in [2.45, 2.75) is 26.2 Å². The molecule has 0 saturated carbocycles. The molecule has 1 rings (SSSR count). The summed E-state index contributed by atoms with van der Waals surface area (Å²) in [5, 5.41) is 2.80. The minimum absolute atomic E-state index is 0.0855. The number of nitrogens with one attached hydrogen (secondary N) is 1. The van der Waals surface area contributed by atoms with E-state index in [0.29, 0.717) is 18.5 Å². The van der Waals surface area contributed by atoms with Gasteiger partial charge in [0.2, 0.25) is 0 Å². The van der Waals surface area contributed by atoms with Crippen LogP contribution < -0.4 is 5.32 Å². The highest BCUT2D eigenvalue weighted by atomic mass is 16.3. The van der Waals surface area contributed by atoms with Gasteiger partial charge in [0.25, 0.3) is 5.91 Å². The summed E-state index contributed by atoms with van der Waals surface area (Å²) in [6, 6.07) is 1.69. The Morgan fingerprint density at radius 2 is 2.47 bits per heavy atom. The van der Waals surface area contributed by atoms with Crippen LogP contribution >= 0.6 is 0 Å². The molecule has 0 unspecified atom stereocenters. The van der Waals surface area contributed by atoms with Gasteiger partial charge in [0.05, 0.1) is 11.8 Å². The Kier molecular flexibility index (Phi) is 4.49. The van der Waals surface area contributed by atoms with Crippen LogP contribution in [-0.4, -0.2) is 12.5 Å². The third kappa shape index (κ3) is 3.17. The number of rotatable bonds is 5. The summed E-state index contributed by atoms with van der Waals surface area (Å²) >= 11 is 0. The first-order chi connectivity index (χ1) is 7.29. The number of hydrogen-bond donors (Lipinski definition) is 1. The number of carbonyl (C=O) groups excluding carboxylic acids is 1. The molecular weight excluding hydrogens is 190 g/mol. The van der Waals surface area contributed by atoms with Gasteiger partial charge in [-0.2, -0.15) is 0 Å². The van der Waals surface area contributed by atoms with Crippen molar-refractivity contribution in [2.75, 3.05) is 6.54 Å². The van der Waals surface area contributed by atoms with Crippen molar-refractivity contribution >= 4 is 5.91 Å². The van der Waals surface area contributed by atoms with E-state index in [4.69, 9.17) is 10.8 Å². The van der Waals surface area contributed by atoms with Crippen LogP contribution in [0.2, 0.25) is 0 Å². The van der Waals surface area contributed by atoms with Crippen LogP contribution in [0.1, 0.15) is 35.9 Å². The molecule has 80 valence electrons. The van der Waals surface area contributed by atoms with Crippen molar-refractivity contribution in [1.82, 2.24) is 5.32 Å². The van der Waals surface area contributed by atoms with Crippen LogP contribution in [0.15, 0.2) is 16.7 Å². The van der Waals surface area contributed by atoms with Gasteiger partial charge < -0.3 is 9.73 Å². The summed E-state index contributed by atoms with van der Waals surface area (Å²) in [7, 11) is 0. The van der Waals surface area contributed by atoms with Crippen molar-refractivity contribution in [3.05, 3.63) is 23.7 Å². The molecule has 3 heteroatoms. The summed E-state index contributed by atoms with van der Waals surface area (Å²) in [5.74, 6) is 3.17. The standard InChI is InChI=1S/C12H15NO2/c1-3-5-6-8-13-12(14)10-7-9-15-11(10)4-2/h1,7,9H,4-6,8H2,2H3,(H,13,14). The van der Waals surface area contributed by atoms with Gasteiger partial charge >= 0.3 is 0 Å². The summed E-state index contributed by atoms with van der Waals surface area (Å²) in [6.45, 7) is 2.56. The lowest BCUT2D eigenvalue weighted by atomic mass is 10.2. The van der Waals surface area contributed by atoms with E-state index in [9.17, 15) is 4.79 Å². The van der Waals surface area contributed by atoms with E-state index < -0.39 is 0 Å². The molecule has 1 amide bonds. The van der Waals surface area contributed by atoms with Gasteiger partial charge in [0.1, 0.15) is 5.76 Å². The zero-order valence-corrected chi connectivity index (χ0v) is 8.88. The maximum absolute atomic E-state index is 11.6. The van der Waals surface area contributed by atoms with E-state index in [1.54, 1.807) is 6.07 Å². The van der Waals surface area contributed by atoms with Crippen LogP contribution in [0.25, 0.3) is 0 Å². The second-order valence-corrected chi connectivity index (χ2v) is 3.17. The number of amides is 1. The summed E-state index contributed by atoms with van der Waals surface area (Å²) in [5.41, 5.74) is 0.623. The highest BCUT2D eigenvalue weighted by molar-refractivity contribution is 5.95. The molecule has 0 radical (unpaired) electrons. The topological polar surface area (TPSA) is 42.2 Å². The van der Waals surface area contributed by atoms with Gasteiger partial charge in [-0.1, -0.05) is 6.92 Å². The molecule has 3 nitrogen and oxygen atoms in total. The van der Waals surface area contributed by atoms with Crippen LogP contribution in [0, 0.1) is 12.3 Å². The number of hydrogen-bond acceptors (Lipinski definition) is 2. The first-order valence-corrected chi connectivity index (χ1v) is 5.07. The van der Waals surface area contributed by atoms with E-state index in [0.717, 1.165) is 18.6 Å². The maximum Gasteiger partial charge on any atom is 0.254 e. The fraction of sp³-hybridized carbons (Fsp3) is 0.417. The average Bonchev–Trinajstić information content (AvgIpc) is 2.72. The molecular formula is C12H15NO2. The molecule has 0 fully saturated rings. The highest BCUT2D eigenvalue weighted by Gasteiger charge is 2.11. The van der Waals surface area contributed by atoms with E-state index in [1.807, 2.05) is 6.92 Å². The van der Waals surface area contributed by atoms with E-state index >= 15 is 0 Å². The normalized spacial score (nSPS) is 9.60. The molecule has 0 bridgehead atoms. The van der Waals surface area contributed by atoms with Crippen molar-refractivity contribution in [2.24, 2.45) is 0 Å². The van der Waals surface area contributed by atoms with Gasteiger partial charge in [0, 0.05) is 19.4 Å². The Morgan fingerprint density at radius 1 is 1.67 bits per heavy atom. The lowest BCUT2D eigenvalue weighted by Gasteiger charge is -2.02. The number of carbonyl (C=O) groups is 1. The average molecular weight is 205 g/mol. The van der Waals surface area contributed by atoms with Gasteiger partial charge in [-0.25, -0.2) is 0 Å². The number of aryl methyl sites for hydroxylation is 1. The van der Waals surface area contributed by atoms with E-state index in [2.05, 4.69) is 11.2 Å². The summed E-state index contributed by atoms with van der Waals surface area (Å²) in [4.78, 5) is 11.6. The highest BCUT2D eigenvalue weighted by Crippen LogP contribution is 2.10. The fourth-order valence-electron chi connectivity index (χ4n) is 1.30. The lowest BCUT2D eigenvalue weighted by molar-refractivity contribution is 0.0951. The molecule has 0 aliphatic carbocycles. The Hall–Kier alpha value is -1.69. The second-order valence-electron chi connectivity index (χ2n) is 3.17. The first kappa shape index (κ1) is 11.4. The Bertz CT molecular complexity index is 360. The number of unbranched alkanes of at least 4 members (excludes halogenated alkanes) is 1. The molecule has 0 spiro atoms. The fourth-order valence-corrected chi connectivity index (χ4v) is 1.30. The van der Waals surface area contributed by atoms with Gasteiger partial charge in [-0.15, -0.1) is 12.3 Å². The van der Waals surface area contributed by atoms with Crippen LogP contribution in [0.5, 0.6) is 0 Å². The third-order valence-corrected chi connectivity index (χ3v) is 2.09. The third-order valence-electron chi connectivity index (χ3n) is 2.09. The predicted octanol–water partition coefficient (Wildman–Crippen LogP) is 1.99. The molecule has 0 aliphatic rings. The van der Waals surface area contributed by atoms with Crippen LogP contribution in [0.4, 0.5) is 0 Å². The summed E-state index contributed by atoms with van der Waals surface area (Å²) in [6.07, 6.45) is 8.86. The van der Waals surface area contributed by atoms with Crippen LogP contribution in [0.3, 0.4) is 0 Å². The van der Waals surface area contributed by atoms with Crippen LogP contribution in [-0.2, 0) is 6.42 Å². The first-order valence-electron chi connectivity index (χ1n) is 5.07. The molecule has 0 aliphatic heterocycles. The maximum atomic E-state index is 11.6. The quantitative estimate of drug-likeness (QED) is 0.590. The monoisotopic (exact) mass is 205 g/mol. The van der Waals surface area contributed by atoms with Crippen molar-refractivity contribution in [1.29, 1.82) is 0 Å². The zero-order valence-electron chi connectivity index (χ0n) is 8.88. The predicted molar refractivity (Wildman–Crippen MR) is 58.5 cm³/mol. The van der Waals surface area contributed by atoms with Crippen molar-refractivity contribution < 1.29 is 9.21 Å². The van der Waals surface area contributed by atoms with Crippen molar-refractivity contribution in [3.8, 4) is 12.3 Å². The molecule has 1 aromatic rings. The minimum atomic E-state index is -0.0855.